The zero-order chi connectivity index (χ0) is 13.8. The Morgan fingerprint density at radius 2 is 2.30 bits per heavy atom. The summed E-state index contributed by atoms with van der Waals surface area (Å²) >= 11 is 1.36. The average Bonchev–Trinajstić information content (AvgIpc) is 3.10. The topological polar surface area (TPSA) is 92.5 Å². The lowest BCUT2D eigenvalue weighted by Gasteiger charge is -2.06. The van der Waals surface area contributed by atoms with E-state index in [1.54, 1.807) is 18.6 Å². The molecule has 0 aliphatic carbocycles. The molecule has 102 valence electrons. The summed E-state index contributed by atoms with van der Waals surface area (Å²) in [5.41, 5.74) is 7.84. The molecule has 0 bridgehead atoms. The van der Waals surface area contributed by atoms with E-state index in [-0.39, 0.29) is 0 Å². The molecule has 20 heavy (non-hydrogen) atoms. The summed E-state index contributed by atoms with van der Waals surface area (Å²) in [7, 11) is 0. The Morgan fingerprint density at radius 3 is 3.05 bits per heavy atom. The Labute approximate surface area is 120 Å². The first-order chi connectivity index (χ1) is 9.84. The third kappa shape index (κ3) is 2.62. The highest BCUT2D eigenvalue weighted by molar-refractivity contribution is 7.11. The van der Waals surface area contributed by atoms with Gasteiger partial charge in [0.2, 0.25) is 0 Å². The first-order valence-electron chi connectivity index (χ1n) is 6.22. The molecule has 3 rings (SSSR count). The predicted molar refractivity (Wildman–Crippen MR) is 80.5 cm³/mol. The maximum Gasteiger partial charge on any atom is 0.147 e. The van der Waals surface area contributed by atoms with Crippen molar-refractivity contribution in [2.75, 3.05) is 17.6 Å². The minimum absolute atomic E-state index is 0.531. The fraction of sp³-hybridized carbons (Fsp3) is 0.154. The van der Waals surface area contributed by atoms with Crippen molar-refractivity contribution in [3.8, 4) is 11.1 Å². The summed E-state index contributed by atoms with van der Waals surface area (Å²) in [5, 5.41) is 4.32. The van der Waals surface area contributed by atoms with Crippen LogP contribution < -0.4 is 11.1 Å². The molecule has 0 saturated carbocycles. The largest absolute Gasteiger partial charge is 0.382 e. The fourth-order valence-corrected chi connectivity index (χ4v) is 2.70. The minimum atomic E-state index is 0.531. The number of H-pyrrole nitrogens is 1. The average molecular weight is 286 g/mol. The molecule has 4 N–H and O–H groups in total. The second-order valence-corrected chi connectivity index (χ2v) is 5.00. The van der Waals surface area contributed by atoms with E-state index in [9.17, 15) is 0 Å². The van der Waals surface area contributed by atoms with Crippen molar-refractivity contribution in [2.45, 2.75) is 6.42 Å². The van der Waals surface area contributed by atoms with Crippen LogP contribution in [0.1, 0.15) is 5.82 Å². The molecule has 3 aromatic rings. The van der Waals surface area contributed by atoms with E-state index in [1.165, 1.54) is 11.5 Å². The summed E-state index contributed by atoms with van der Waals surface area (Å²) in [6.07, 6.45) is 7.92. The van der Waals surface area contributed by atoms with Gasteiger partial charge in [0.15, 0.2) is 0 Å². The van der Waals surface area contributed by atoms with Crippen LogP contribution in [0.4, 0.5) is 10.8 Å². The molecule has 3 heterocycles. The van der Waals surface area contributed by atoms with Crippen molar-refractivity contribution in [3.05, 3.63) is 42.7 Å². The van der Waals surface area contributed by atoms with E-state index < -0.39 is 0 Å². The number of aromatic amines is 1. The molecule has 0 saturated heterocycles. The highest BCUT2D eigenvalue weighted by Gasteiger charge is 2.13. The van der Waals surface area contributed by atoms with Crippen molar-refractivity contribution >= 4 is 22.4 Å². The normalized spacial score (nSPS) is 10.6. The fourth-order valence-electron chi connectivity index (χ4n) is 1.94. The van der Waals surface area contributed by atoms with Crippen LogP contribution in [0.5, 0.6) is 0 Å². The molecular weight excluding hydrogens is 272 g/mol. The van der Waals surface area contributed by atoms with Crippen molar-refractivity contribution in [1.29, 1.82) is 0 Å². The van der Waals surface area contributed by atoms with Crippen LogP contribution in [0.2, 0.25) is 0 Å². The maximum absolute atomic E-state index is 5.95. The molecule has 0 amide bonds. The number of nitrogens with two attached hydrogens (primary N) is 1. The second kappa shape index (κ2) is 5.70. The number of pyridine rings is 1. The van der Waals surface area contributed by atoms with E-state index in [1.807, 2.05) is 18.3 Å². The molecular formula is C13H14N6S. The van der Waals surface area contributed by atoms with Crippen molar-refractivity contribution in [1.82, 2.24) is 19.3 Å². The number of rotatable bonds is 5. The van der Waals surface area contributed by atoms with E-state index in [2.05, 4.69) is 24.6 Å². The number of nitrogens with one attached hydrogen (secondary N) is 2. The quantitative estimate of drug-likeness (QED) is 0.668. The van der Waals surface area contributed by atoms with Crippen molar-refractivity contribution < 1.29 is 0 Å². The third-order valence-corrected chi connectivity index (χ3v) is 3.69. The van der Waals surface area contributed by atoms with E-state index >= 15 is 0 Å². The smallest absolute Gasteiger partial charge is 0.147 e. The predicted octanol–water partition coefficient (Wildman–Crippen LogP) is 2.17. The van der Waals surface area contributed by atoms with Gasteiger partial charge in [-0.15, -0.1) is 0 Å². The number of hydrogen-bond acceptors (Lipinski definition) is 6. The van der Waals surface area contributed by atoms with Crippen LogP contribution in [0.15, 0.2) is 36.9 Å². The van der Waals surface area contributed by atoms with Crippen LogP contribution in [0.25, 0.3) is 11.1 Å². The van der Waals surface area contributed by atoms with Crippen LogP contribution in [0.3, 0.4) is 0 Å². The monoisotopic (exact) mass is 286 g/mol. The minimum Gasteiger partial charge on any atom is -0.382 e. The Hall–Kier alpha value is -2.41. The molecule has 0 atom stereocenters. The van der Waals surface area contributed by atoms with Gasteiger partial charge in [-0.1, -0.05) is 6.07 Å². The molecule has 6 nitrogen and oxygen atoms in total. The SMILES string of the molecule is Nc1nsc(NCCc2ncc[nH]2)c1-c1cccnc1. The van der Waals surface area contributed by atoms with Crippen molar-refractivity contribution in [3.63, 3.8) is 0 Å². The van der Waals surface area contributed by atoms with Crippen LogP contribution >= 0.6 is 11.5 Å². The molecule has 0 unspecified atom stereocenters. The molecule has 0 radical (unpaired) electrons. The number of nitrogen functional groups attached to an aromatic ring is 1. The Bertz CT molecular complexity index is 661. The summed E-state index contributed by atoms with van der Waals surface area (Å²) in [4.78, 5) is 11.4. The number of hydrogen-bond donors (Lipinski definition) is 3. The van der Waals surface area contributed by atoms with Gasteiger partial charge in [-0.05, 0) is 17.6 Å². The van der Waals surface area contributed by atoms with Gasteiger partial charge in [-0.3, -0.25) is 4.98 Å². The van der Waals surface area contributed by atoms with Crippen LogP contribution in [0, 0.1) is 0 Å². The van der Waals surface area contributed by atoms with Crippen molar-refractivity contribution in [2.24, 2.45) is 0 Å². The first-order valence-corrected chi connectivity index (χ1v) is 6.99. The first kappa shape index (κ1) is 12.6. The lowest BCUT2D eigenvalue weighted by Crippen LogP contribution is -2.05. The Balaban J connectivity index is 1.74. The Morgan fingerprint density at radius 1 is 1.35 bits per heavy atom. The van der Waals surface area contributed by atoms with Crippen LogP contribution in [-0.4, -0.2) is 25.9 Å². The highest BCUT2D eigenvalue weighted by atomic mass is 32.1. The lowest BCUT2D eigenvalue weighted by atomic mass is 10.1. The zero-order valence-corrected chi connectivity index (χ0v) is 11.5. The molecule has 7 heteroatoms. The molecule has 0 aliphatic heterocycles. The van der Waals surface area contributed by atoms with E-state index in [4.69, 9.17) is 5.73 Å². The van der Waals surface area contributed by atoms with Gasteiger partial charge in [-0.2, -0.15) is 4.37 Å². The van der Waals surface area contributed by atoms with Gasteiger partial charge < -0.3 is 16.0 Å². The molecule has 0 aromatic carbocycles. The highest BCUT2D eigenvalue weighted by Crippen LogP contribution is 2.36. The van der Waals surface area contributed by atoms with Gasteiger partial charge >= 0.3 is 0 Å². The van der Waals surface area contributed by atoms with Crippen LogP contribution in [-0.2, 0) is 6.42 Å². The van der Waals surface area contributed by atoms with E-state index in [0.717, 1.165) is 34.9 Å². The van der Waals surface area contributed by atoms with Gasteiger partial charge in [-0.25, -0.2) is 4.98 Å². The van der Waals surface area contributed by atoms with Gasteiger partial charge in [0.1, 0.15) is 16.6 Å². The molecule has 3 aromatic heterocycles. The third-order valence-electron chi connectivity index (χ3n) is 2.87. The summed E-state index contributed by atoms with van der Waals surface area (Å²) in [6.45, 7) is 0.766. The lowest BCUT2D eigenvalue weighted by molar-refractivity contribution is 0.930. The number of anilines is 2. The number of aromatic nitrogens is 4. The zero-order valence-electron chi connectivity index (χ0n) is 10.7. The maximum atomic E-state index is 5.95. The number of imidazole rings is 1. The molecule has 0 aliphatic rings. The second-order valence-electron chi connectivity index (χ2n) is 4.23. The van der Waals surface area contributed by atoms with E-state index in [0.29, 0.717) is 5.82 Å². The van der Waals surface area contributed by atoms with Gasteiger partial charge in [0, 0.05) is 43.3 Å². The standard InChI is InChI=1S/C13H14N6S/c14-12-11(9-2-1-4-15-8-9)13(20-19-12)18-5-3-10-16-6-7-17-10/h1-2,4,6-8,18H,3,5H2,(H2,14,19)(H,16,17). The summed E-state index contributed by atoms with van der Waals surface area (Å²) in [5.74, 6) is 1.49. The Kier molecular flexibility index (Phi) is 3.60. The molecule has 0 spiro atoms. The summed E-state index contributed by atoms with van der Waals surface area (Å²) in [6, 6.07) is 3.86. The molecule has 0 fully saturated rings. The van der Waals surface area contributed by atoms with Gasteiger partial charge in [0.05, 0.1) is 5.56 Å². The summed E-state index contributed by atoms with van der Waals surface area (Å²) < 4.78 is 4.21. The number of nitrogens with zero attached hydrogens (tertiary/aromatic N) is 3. The van der Waals surface area contributed by atoms with Gasteiger partial charge in [0.25, 0.3) is 0 Å².